The summed E-state index contributed by atoms with van der Waals surface area (Å²) < 4.78 is 7.76. The van der Waals surface area contributed by atoms with Crippen molar-refractivity contribution in [2.24, 2.45) is 0 Å². The molecule has 1 saturated heterocycles. The summed E-state index contributed by atoms with van der Waals surface area (Å²) in [5, 5.41) is 11.5. The van der Waals surface area contributed by atoms with Gasteiger partial charge in [0.1, 0.15) is 11.6 Å². The van der Waals surface area contributed by atoms with E-state index in [1.54, 1.807) is 17.2 Å². The van der Waals surface area contributed by atoms with Crippen LogP contribution < -0.4 is 4.74 Å². The summed E-state index contributed by atoms with van der Waals surface area (Å²) in [5.74, 6) is 1.60. The van der Waals surface area contributed by atoms with Crippen LogP contribution in [0, 0.1) is 6.92 Å². The number of aliphatic hydroxyl groups is 1. The maximum Gasteiger partial charge on any atom is 0.263 e. The molecule has 0 radical (unpaired) electrons. The molecule has 4 rings (SSSR count). The average Bonchev–Trinajstić information content (AvgIpc) is 3.21. The fraction of sp³-hybridized carbons (Fsp3) is 0.474. The number of aryl methyl sites for hydroxylation is 1. The third-order valence-electron chi connectivity index (χ3n) is 5.37. The van der Waals surface area contributed by atoms with Gasteiger partial charge in [-0.2, -0.15) is 0 Å². The third kappa shape index (κ3) is 3.31. The third-order valence-corrected chi connectivity index (χ3v) is 5.60. The maximum absolute atomic E-state index is 12.8. The van der Waals surface area contributed by atoms with E-state index >= 15 is 0 Å². The lowest BCUT2D eigenvalue weighted by atomic mass is 9.91. The van der Waals surface area contributed by atoms with Crippen LogP contribution in [0.4, 0.5) is 0 Å². The van der Waals surface area contributed by atoms with Gasteiger partial charge in [-0.05, 0) is 43.5 Å². The van der Waals surface area contributed by atoms with Gasteiger partial charge in [0.15, 0.2) is 6.10 Å². The molecular weight excluding hydrogens is 354 g/mol. The van der Waals surface area contributed by atoms with E-state index in [0.717, 1.165) is 17.1 Å². The second-order valence-electron chi connectivity index (χ2n) is 7.21. The zero-order valence-corrected chi connectivity index (χ0v) is 15.4. The molecule has 1 amide bonds. The molecular formula is C19H22ClN3O3. The number of ether oxygens (including phenoxy) is 1. The number of hydrogen-bond acceptors (Lipinski definition) is 4. The molecule has 0 aliphatic carbocycles. The number of piperidine rings is 1. The second kappa shape index (κ2) is 6.59. The Morgan fingerprint density at radius 1 is 1.42 bits per heavy atom. The summed E-state index contributed by atoms with van der Waals surface area (Å²) in [4.78, 5) is 18.8. The Morgan fingerprint density at radius 2 is 2.19 bits per heavy atom. The van der Waals surface area contributed by atoms with E-state index in [1.165, 1.54) is 0 Å². The van der Waals surface area contributed by atoms with Crippen LogP contribution in [0.5, 0.6) is 5.75 Å². The van der Waals surface area contributed by atoms with E-state index < -0.39 is 11.7 Å². The fourth-order valence-electron chi connectivity index (χ4n) is 3.75. The maximum atomic E-state index is 12.8. The van der Waals surface area contributed by atoms with Gasteiger partial charge in [-0.25, -0.2) is 4.98 Å². The number of hydrogen-bond donors (Lipinski definition) is 1. The highest BCUT2D eigenvalue weighted by molar-refractivity contribution is 6.30. The Bertz CT molecular complexity index is 827. The van der Waals surface area contributed by atoms with Gasteiger partial charge in [0.05, 0.1) is 12.1 Å². The monoisotopic (exact) mass is 375 g/mol. The Balaban J connectivity index is 1.36. The molecule has 1 aromatic heterocycles. The summed E-state index contributed by atoms with van der Waals surface area (Å²) in [6.07, 6.45) is 4.75. The molecule has 2 aromatic rings. The highest BCUT2D eigenvalue weighted by atomic mass is 35.5. The number of nitrogens with zero attached hydrogens (tertiary/aromatic N) is 3. The van der Waals surface area contributed by atoms with Crippen LogP contribution in [-0.2, 0) is 17.8 Å². The van der Waals surface area contributed by atoms with E-state index in [1.807, 2.05) is 29.8 Å². The van der Waals surface area contributed by atoms with Crippen molar-refractivity contribution in [3.8, 4) is 5.75 Å². The van der Waals surface area contributed by atoms with Crippen LogP contribution in [0.2, 0.25) is 5.02 Å². The molecule has 6 nitrogen and oxygen atoms in total. The standard InChI is InChI=1S/C19H22ClN3O3/c1-13-21-6-9-23(13)12-19(25)4-7-22(8-5-19)18(24)17-11-14-10-15(20)2-3-16(14)26-17/h2-3,6,9-10,17,25H,4-5,7-8,11-12H2,1H3/t17-/m0/s1. The first kappa shape index (κ1) is 17.4. The molecule has 0 bridgehead atoms. The predicted molar refractivity (Wildman–Crippen MR) is 97.3 cm³/mol. The number of rotatable bonds is 3. The summed E-state index contributed by atoms with van der Waals surface area (Å²) in [6, 6.07) is 5.44. The van der Waals surface area contributed by atoms with E-state index in [0.29, 0.717) is 43.9 Å². The lowest BCUT2D eigenvalue weighted by Crippen LogP contribution is -2.51. The van der Waals surface area contributed by atoms with Gasteiger partial charge < -0.3 is 19.3 Å². The van der Waals surface area contributed by atoms with Crippen molar-refractivity contribution in [2.75, 3.05) is 13.1 Å². The largest absolute Gasteiger partial charge is 0.480 e. The van der Waals surface area contributed by atoms with Gasteiger partial charge in [-0.15, -0.1) is 0 Å². The van der Waals surface area contributed by atoms with E-state index in [4.69, 9.17) is 16.3 Å². The van der Waals surface area contributed by atoms with Gasteiger partial charge in [-0.3, -0.25) is 4.79 Å². The van der Waals surface area contributed by atoms with Crippen LogP contribution in [0.1, 0.15) is 24.2 Å². The number of imidazole rings is 1. The molecule has 3 heterocycles. The number of halogens is 1. The fourth-order valence-corrected chi connectivity index (χ4v) is 3.94. The quantitative estimate of drug-likeness (QED) is 0.893. The predicted octanol–water partition coefficient (Wildman–Crippen LogP) is 2.20. The molecule has 0 unspecified atom stereocenters. The number of benzene rings is 1. The van der Waals surface area contributed by atoms with Gasteiger partial charge in [0.2, 0.25) is 0 Å². The Hall–Kier alpha value is -2.05. The molecule has 1 atom stereocenters. The lowest BCUT2D eigenvalue weighted by molar-refractivity contribution is -0.142. The van der Waals surface area contributed by atoms with Crippen LogP contribution in [0.25, 0.3) is 0 Å². The molecule has 0 saturated carbocycles. The molecule has 26 heavy (non-hydrogen) atoms. The van der Waals surface area contributed by atoms with Gasteiger partial charge in [0, 0.05) is 36.9 Å². The lowest BCUT2D eigenvalue weighted by Gasteiger charge is -2.39. The average molecular weight is 376 g/mol. The van der Waals surface area contributed by atoms with Crippen molar-refractivity contribution >= 4 is 17.5 Å². The molecule has 2 aliphatic rings. The van der Waals surface area contributed by atoms with Gasteiger partial charge >= 0.3 is 0 Å². The summed E-state index contributed by atoms with van der Waals surface area (Å²) in [7, 11) is 0. The number of aromatic nitrogens is 2. The van der Waals surface area contributed by atoms with Crippen molar-refractivity contribution in [2.45, 2.75) is 44.4 Å². The van der Waals surface area contributed by atoms with Crippen molar-refractivity contribution in [1.29, 1.82) is 0 Å². The van der Waals surface area contributed by atoms with E-state index in [-0.39, 0.29) is 5.91 Å². The minimum atomic E-state index is -0.810. The highest BCUT2D eigenvalue weighted by Gasteiger charge is 2.38. The highest BCUT2D eigenvalue weighted by Crippen LogP contribution is 2.33. The van der Waals surface area contributed by atoms with Crippen LogP contribution in [0.15, 0.2) is 30.6 Å². The van der Waals surface area contributed by atoms with Crippen molar-refractivity contribution < 1.29 is 14.6 Å². The molecule has 1 fully saturated rings. The smallest absolute Gasteiger partial charge is 0.263 e. The number of carbonyl (C=O) groups excluding carboxylic acids is 1. The SMILES string of the molecule is Cc1nccn1CC1(O)CCN(C(=O)[C@@H]2Cc3cc(Cl)ccc3O2)CC1. The summed E-state index contributed by atoms with van der Waals surface area (Å²) in [6.45, 7) is 3.48. The molecule has 1 aromatic carbocycles. The summed E-state index contributed by atoms with van der Waals surface area (Å²) in [5.41, 5.74) is 0.162. The molecule has 0 spiro atoms. The zero-order chi connectivity index (χ0) is 18.3. The number of carbonyl (C=O) groups is 1. The van der Waals surface area contributed by atoms with Crippen LogP contribution in [-0.4, -0.2) is 50.3 Å². The van der Waals surface area contributed by atoms with E-state index in [9.17, 15) is 9.90 Å². The minimum absolute atomic E-state index is 0.0156. The molecule has 2 aliphatic heterocycles. The van der Waals surface area contributed by atoms with Crippen LogP contribution >= 0.6 is 11.6 Å². The first-order valence-corrected chi connectivity index (χ1v) is 9.25. The Kier molecular flexibility index (Phi) is 4.40. The van der Waals surface area contributed by atoms with Crippen molar-refractivity contribution in [3.05, 3.63) is 47.0 Å². The molecule has 7 heteroatoms. The van der Waals surface area contributed by atoms with Crippen molar-refractivity contribution in [3.63, 3.8) is 0 Å². The summed E-state index contributed by atoms with van der Waals surface area (Å²) >= 11 is 6.01. The molecule has 138 valence electrons. The first-order valence-electron chi connectivity index (χ1n) is 8.87. The Morgan fingerprint density at radius 3 is 2.88 bits per heavy atom. The molecule has 1 N–H and O–H groups in total. The van der Waals surface area contributed by atoms with Gasteiger partial charge in [-0.1, -0.05) is 11.6 Å². The number of likely N-dealkylation sites (tertiary alicyclic amines) is 1. The zero-order valence-electron chi connectivity index (χ0n) is 14.7. The minimum Gasteiger partial charge on any atom is -0.480 e. The topological polar surface area (TPSA) is 67.6 Å². The second-order valence-corrected chi connectivity index (χ2v) is 7.65. The normalized spacial score (nSPS) is 21.3. The first-order chi connectivity index (χ1) is 12.4. The number of amides is 1. The van der Waals surface area contributed by atoms with Crippen molar-refractivity contribution in [1.82, 2.24) is 14.5 Å². The van der Waals surface area contributed by atoms with Crippen LogP contribution in [0.3, 0.4) is 0 Å². The Labute approximate surface area is 157 Å². The van der Waals surface area contributed by atoms with Gasteiger partial charge in [0.25, 0.3) is 5.91 Å². The van der Waals surface area contributed by atoms with E-state index in [2.05, 4.69) is 4.98 Å². The number of fused-ring (bicyclic) bond motifs is 1.